The smallest absolute Gasteiger partial charge is 0.314 e. The Morgan fingerprint density at radius 2 is 1.21 bits per heavy atom. The van der Waals surface area contributed by atoms with Crippen molar-refractivity contribution >= 4 is 5.97 Å². The summed E-state index contributed by atoms with van der Waals surface area (Å²) in [6.07, 6.45) is -17.8. The standard InChI is InChI=1S/C38H60O18/c1-16-11-37-9-5-20-35(2,7-4-8-36(20,3)34(50)55-32-29(49)26(46)23(43)18(13-40)52-32)21(37)6-10-38(16,15-37)56-33-30(27(47)24(44)19(14-41)53-33)54-31-28(48)25(45)22(42)17(12-39)51-31/h17-33,39-49H,1,4-15H2,2-3H3/t17-,18-,19-,20?,21+,22-,23-,24-,25+,26+,27+,28-,29-,30-,31+,32+,33+,35-,36?,37?,38+/m1/s1. The van der Waals surface area contributed by atoms with Gasteiger partial charge < -0.3 is 84.6 Å². The van der Waals surface area contributed by atoms with E-state index in [2.05, 4.69) is 13.5 Å². The molecule has 18 nitrogen and oxygen atoms in total. The first-order valence-corrected chi connectivity index (χ1v) is 19.9. The van der Waals surface area contributed by atoms with Crippen molar-refractivity contribution in [3.8, 4) is 0 Å². The quantitative estimate of drug-likeness (QED) is 0.0631. The Kier molecular flexibility index (Phi) is 11.9. The molecule has 3 heterocycles. The number of hydrogen-bond donors (Lipinski definition) is 11. The van der Waals surface area contributed by atoms with Crippen LogP contribution in [-0.4, -0.2) is 180 Å². The Labute approximate surface area is 324 Å². The van der Waals surface area contributed by atoms with E-state index in [1.807, 2.05) is 6.92 Å². The van der Waals surface area contributed by atoms with Crippen LogP contribution in [0.2, 0.25) is 0 Å². The van der Waals surface area contributed by atoms with Gasteiger partial charge in [0.05, 0.1) is 30.8 Å². The molecule has 7 fully saturated rings. The van der Waals surface area contributed by atoms with Gasteiger partial charge in [0.15, 0.2) is 12.6 Å². The van der Waals surface area contributed by atoms with Crippen molar-refractivity contribution in [2.45, 2.75) is 169 Å². The second-order valence-electron chi connectivity index (χ2n) is 18.0. The van der Waals surface area contributed by atoms with E-state index in [4.69, 9.17) is 28.4 Å². The third kappa shape index (κ3) is 6.69. The van der Waals surface area contributed by atoms with E-state index in [-0.39, 0.29) is 22.7 Å². The number of hydrogen-bond acceptors (Lipinski definition) is 18. The molecule has 2 bridgehead atoms. The number of carbonyl (C=O) groups is 1. The van der Waals surface area contributed by atoms with E-state index in [0.717, 1.165) is 18.4 Å². The van der Waals surface area contributed by atoms with Crippen LogP contribution < -0.4 is 0 Å². The molecule has 4 saturated carbocycles. The van der Waals surface area contributed by atoms with Crippen LogP contribution >= 0.6 is 0 Å². The SMILES string of the molecule is C=C1CC23CCC4C(C)(C(=O)O[C@@H]5O[C@H](CO)[C@@H](O)[C@H](O)[C@H]5O)CCC[C@@]4(C)[C@@H]2CC[C@]1(O[C@@H]1O[C@H](CO)[C@@H](O)[C@H](O)[C@H]1O[C@@H]1O[C@H](CO)[C@@H](O)[C@H](O)[C@H]1O)C3. The molecule has 0 amide bonds. The molecule has 1 spiro atoms. The van der Waals surface area contributed by atoms with Crippen molar-refractivity contribution in [3.63, 3.8) is 0 Å². The summed E-state index contributed by atoms with van der Waals surface area (Å²) in [5, 5.41) is 114. The molecule has 3 saturated heterocycles. The van der Waals surface area contributed by atoms with Gasteiger partial charge in [-0.15, -0.1) is 0 Å². The fourth-order valence-electron chi connectivity index (χ4n) is 12.0. The Hall–Kier alpha value is -1.43. The minimum atomic E-state index is -1.81. The van der Waals surface area contributed by atoms with E-state index in [0.29, 0.717) is 44.9 Å². The average Bonchev–Trinajstić information content (AvgIpc) is 3.37. The number of aliphatic hydroxyl groups is 11. The number of fused-ring (bicyclic) bond motifs is 3. The average molecular weight is 805 g/mol. The normalized spacial score (nSPS) is 54.6. The summed E-state index contributed by atoms with van der Waals surface area (Å²) in [5.74, 6) is -0.591. The van der Waals surface area contributed by atoms with Crippen LogP contribution in [0, 0.1) is 28.1 Å². The third-order valence-electron chi connectivity index (χ3n) is 15.0. The molecular formula is C38H60O18. The number of aliphatic hydroxyl groups excluding tert-OH is 11. The summed E-state index contributed by atoms with van der Waals surface area (Å²) in [6, 6.07) is 0. The van der Waals surface area contributed by atoms with Crippen molar-refractivity contribution in [2.75, 3.05) is 19.8 Å². The van der Waals surface area contributed by atoms with Crippen molar-refractivity contribution in [1.29, 1.82) is 0 Å². The van der Waals surface area contributed by atoms with E-state index < -0.39 is 129 Å². The van der Waals surface area contributed by atoms with E-state index in [1.165, 1.54) is 0 Å². The predicted octanol–water partition coefficient (Wildman–Crippen LogP) is -2.94. The lowest BCUT2D eigenvalue weighted by Crippen LogP contribution is -2.65. The highest BCUT2D eigenvalue weighted by Crippen LogP contribution is 2.73. The Morgan fingerprint density at radius 3 is 1.82 bits per heavy atom. The van der Waals surface area contributed by atoms with Crippen LogP contribution in [0.4, 0.5) is 0 Å². The minimum absolute atomic E-state index is 0.121. The summed E-state index contributed by atoms with van der Waals surface area (Å²) in [7, 11) is 0. The molecule has 7 aliphatic rings. The van der Waals surface area contributed by atoms with Gasteiger partial charge in [-0.05, 0) is 86.5 Å². The maximum atomic E-state index is 14.1. The van der Waals surface area contributed by atoms with Gasteiger partial charge in [0.25, 0.3) is 0 Å². The number of rotatable bonds is 9. The van der Waals surface area contributed by atoms with Gasteiger partial charge in [0, 0.05) is 0 Å². The largest absolute Gasteiger partial charge is 0.432 e. The van der Waals surface area contributed by atoms with Gasteiger partial charge in [0.2, 0.25) is 6.29 Å². The molecule has 56 heavy (non-hydrogen) atoms. The lowest BCUT2D eigenvalue weighted by atomic mass is 9.41. The highest BCUT2D eigenvalue weighted by molar-refractivity contribution is 5.77. The minimum Gasteiger partial charge on any atom is -0.432 e. The van der Waals surface area contributed by atoms with E-state index in [1.54, 1.807) is 0 Å². The zero-order chi connectivity index (χ0) is 40.7. The molecular weight excluding hydrogens is 744 g/mol. The molecule has 21 atom stereocenters. The fraction of sp³-hybridized carbons (Fsp3) is 0.921. The maximum absolute atomic E-state index is 14.1. The zero-order valence-corrected chi connectivity index (χ0v) is 31.8. The molecule has 18 heteroatoms. The lowest BCUT2D eigenvalue weighted by Gasteiger charge is -2.64. The highest BCUT2D eigenvalue weighted by Gasteiger charge is 2.69. The summed E-state index contributed by atoms with van der Waals surface area (Å²) in [5.41, 5.74) is -1.80. The summed E-state index contributed by atoms with van der Waals surface area (Å²) in [4.78, 5) is 14.1. The van der Waals surface area contributed by atoms with Gasteiger partial charge in [-0.2, -0.15) is 0 Å². The van der Waals surface area contributed by atoms with Gasteiger partial charge in [0.1, 0.15) is 73.2 Å². The van der Waals surface area contributed by atoms with Crippen molar-refractivity contribution in [3.05, 3.63) is 12.2 Å². The molecule has 3 unspecified atom stereocenters. The molecule has 0 aromatic heterocycles. The maximum Gasteiger partial charge on any atom is 0.314 e. The van der Waals surface area contributed by atoms with Crippen LogP contribution in [0.15, 0.2) is 12.2 Å². The van der Waals surface area contributed by atoms with Gasteiger partial charge in [-0.3, -0.25) is 4.79 Å². The van der Waals surface area contributed by atoms with Crippen LogP contribution in [-0.2, 0) is 33.2 Å². The second-order valence-corrected chi connectivity index (χ2v) is 18.0. The summed E-state index contributed by atoms with van der Waals surface area (Å²) >= 11 is 0. The first-order chi connectivity index (χ1) is 26.4. The molecule has 0 radical (unpaired) electrons. The Morgan fingerprint density at radius 1 is 0.679 bits per heavy atom. The molecule has 4 aliphatic carbocycles. The van der Waals surface area contributed by atoms with Crippen molar-refractivity contribution < 1.29 is 89.4 Å². The Bertz CT molecular complexity index is 1450. The monoisotopic (exact) mass is 804 g/mol. The molecule has 7 rings (SSSR count). The summed E-state index contributed by atoms with van der Waals surface area (Å²) in [6.45, 7) is 6.52. The van der Waals surface area contributed by atoms with Crippen LogP contribution in [0.1, 0.15) is 71.6 Å². The number of esters is 1. The van der Waals surface area contributed by atoms with Gasteiger partial charge in [-0.25, -0.2) is 0 Å². The van der Waals surface area contributed by atoms with E-state index in [9.17, 15) is 61.0 Å². The van der Waals surface area contributed by atoms with Crippen molar-refractivity contribution in [2.24, 2.45) is 28.1 Å². The first kappa shape index (κ1) is 42.7. The second kappa shape index (κ2) is 15.6. The van der Waals surface area contributed by atoms with Crippen molar-refractivity contribution in [1.82, 2.24) is 0 Å². The molecule has 320 valence electrons. The van der Waals surface area contributed by atoms with Crippen LogP contribution in [0.5, 0.6) is 0 Å². The van der Waals surface area contributed by atoms with E-state index >= 15 is 0 Å². The number of carbonyl (C=O) groups excluding carboxylic acids is 1. The third-order valence-corrected chi connectivity index (χ3v) is 15.0. The lowest BCUT2D eigenvalue weighted by molar-refractivity contribution is -0.378. The first-order valence-electron chi connectivity index (χ1n) is 19.9. The molecule has 0 aromatic rings. The predicted molar refractivity (Wildman–Crippen MR) is 186 cm³/mol. The van der Waals surface area contributed by atoms with Gasteiger partial charge in [-0.1, -0.05) is 19.9 Å². The van der Waals surface area contributed by atoms with Crippen LogP contribution in [0.25, 0.3) is 0 Å². The Balaban J connectivity index is 1.10. The van der Waals surface area contributed by atoms with Crippen LogP contribution in [0.3, 0.4) is 0 Å². The topological polar surface area (TPSA) is 295 Å². The zero-order valence-electron chi connectivity index (χ0n) is 31.8. The van der Waals surface area contributed by atoms with Gasteiger partial charge >= 0.3 is 5.97 Å². The summed E-state index contributed by atoms with van der Waals surface area (Å²) < 4.78 is 35.6. The molecule has 11 N–H and O–H groups in total. The molecule has 3 aliphatic heterocycles. The number of ether oxygens (including phenoxy) is 6. The highest BCUT2D eigenvalue weighted by atomic mass is 16.8. The molecule has 0 aromatic carbocycles. The fourth-order valence-corrected chi connectivity index (χ4v) is 12.0.